The van der Waals surface area contributed by atoms with E-state index in [2.05, 4.69) is 15.7 Å². The van der Waals surface area contributed by atoms with Crippen LogP contribution in [0, 0.1) is 10.1 Å². The number of benzene rings is 3. The molecule has 0 aromatic heterocycles. The summed E-state index contributed by atoms with van der Waals surface area (Å²) in [6, 6.07) is 23.7. The first-order chi connectivity index (χ1) is 20.2. The van der Waals surface area contributed by atoms with Crippen LogP contribution in [0.3, 0.4) is 0 Å². The number of carbonyl (C=O) groups excluding carboxylic acids is 2. The van der Waals surface area contributed by atoms with E-state index in [4.69, 9.17) is 16.2 Å². The lowest BCUT2D eigenvalue weighted by Crippen LogP contribution is -2.50. The fourth-order valence-corrected chi connectivity index (χ4v) is 4.69. The Kier molecular flexibility index (Phi) is 12.0. The molecule has 3 rings (SSSR count). The van der Waals surface area contributed by atoms with Crippen molar-refractivity contribution in [3.8, 4) is 5.75 Å². The summed E-state index contributed by atoms with van der Waals surface area (Å²) in [5.41, 5.74) is 14.1. The second-order valence-electron chi connectivity index (χ2n) is 9.89. The lowest BCUT2D eigenvalue weighted by Gasteiger charge is -2.26. The maximum Gasteiger partial charge on any atom is 0.243 e. The van der Waals surface area contributed by atoms with Crippen molar-refractivity contribution in [1.82, 2.24) is 10.6 Å². The molecule has 222 valence electrons. The number of rotatable bonds is 15. The topological polar surface area (TPSA) is 175 Å². The minimum absolute atomic E-state index is 0.0733. The third-order valence-electron chi connectivity index (χ3n) is 6.92. The molecular formula is C31H38N6O5. The van der Waals surface area contributed by atoms with E-state index >= 15 is 0 Å². The Morgan fingerprint density at radius 2 is 1.43 bits per heavy atom. The van der Waals surface area contributed by atoms with Crippen LogP contribution in [-0.4, -0.2) is 41.9 Å². The Morgan fingerprint density at radius 1 is 0.857 bits per heavy atom. The lowest BCUT2D eigenvalue weighted by atomic mass is 9.90. The van der Waals surface area contributed by atoms with E-state index < -0.39 is 28.9 Å². The van der Waals surface area contributed by atoms with Gasteiger partial charge in [-0.3, -0.25) is 9.59 Å². The van der Waals surface area contributed by atoms with E-state index in [1.807, 2.05) is 91.9 Å². The van der Waals surface area contributed by atoms with E-state index in [1.54, 1.807) is 7.11 Å². The second-order valence-corrected chi connectivity index (χ2v) is 9.89. The van der Waals surface area contributed by atoms with Crippen LogP contribution in [0.25, 0.3) is 0 Å². The number of nitro groups is 1. The molecule has 0 aliphatic heterocycles. The number of methoxy groups -OCH3 is 1. The molecule has 0 saturated carbocycles. The molecule has 3 aromatic carbocycles. The molecule has 0 saturated heterocycles. The molecule has 3 atom stereocenters. The number of nitrogens with two attached hydrogens (primary N) is 2. The van der Waals surface area contributed by atoms with Crippen LogP contribution < -0.4 is 26.8 Å². The average molecular weight is 575 g/mol. The Bertz CT molecular complexity index is 1300. The molecule has 0 aliphatic carbocycles. The van der Waals surface area contributed by atoms with Gasteiger partial charge in [0.25, 0.3) is 0 Å². The highest BCUT2D eigenvalue weighted by Crippen LogP contribution is 2.26. The van der Waals surface area contributed by atoms with Gasteiger partial charge in [-0.15, -0.1) is 0 Å². The SMILES string of the molecule is CCCC(NC(=O)C(CCC(N)/C(N)=N\[N+](=O)[O-])NC(=O)C(c1ccccc1)c1ccccc1)c1ccc(OC)cc1. The van der Waals surface area contributed by atoms with Crippen LogP contribution in [0.15, 0.2) is 90.0 Å². The molecule has 42 heavy (non-hydrogen) atoms. The van der Waals surface area contributed by atoms with Crippen LogP contribution >= 0.6 is 0 Å². The summed E-state index contributed by atoms with van der Waals surface area (Å²) in [5, 5.41) is 18.9. The van der Waals surface area contributed by atoms with Crippen molar-refractivity contribution >= 4 is 17.6 Å². The monoisotopic (exact) mass is 574 g/mol. The number of nitrogens with zero attached hydrogens (tertiary/aromatic N) is 2. The first kappa shape index (κ1) is 31.8. The normalized spacial score (nSPS) is 13.6. The van der Waals surface area contributed by atoms with Crippen molar-refractivity contribution in [2.75, 3.05) is 7.11 Å². The zero-order valence-electron chi connectivity index (χ0n) is 23.8. The van der Waals surface area contributed by atoms with E-state index in [0.717, 1.165) is 23.1 Å². The standard InChI is InChI=1S/C31H38N6O5/c1-3-10-26(21-15-17-24(42-2)18-16-21)34-30(38)27(20-19-25(32)29(33)36-37(40)41)35-31(39)28(22-11-6-4-7-12-22)23-13-8-5-9-14-23/h4-9,11-18,25-28H,3,10,19-20,32H2,1-2H3,(H2,33,36)(H,34,38)(H,35,39). The maximum atomic E-state index is 13.9. The van der Waals surface area contributed by atoms with E-state index in [9.17, 15) is 19.7 Å². The summed E-state index contributed by atoms with van der Waals surface area (Å²) in [4.78, 5) is 38.4. The number of carbonyl (C=O) groups is 2. The van der Waals surface area contributed by atoms with Crippen LogP contribution in [0.5, 0.6) is 5.75 Å². The summed E-state index contributed by atoms with van der Waals surface area (Å²) in [6.45, 7) is 2.02. The van der Waals surface area contributed by atoms with Crippen molar-refractivity contribution in [3.63, 3.8) is 0 Å². The average Bonchev–Trinajstić information content (AvgIpc) is 2.99. The summed E-state index contributed by atoms with van der Waals surface area (Å²) < 4.78 is 5.26. The number of amidine groups is 1. The Labute approximate surface area is 245 Å². The van der Waals surface area contributed by atoms with Gasteiger partial charge < -0.3 is 26.8 Å². The Hall–Kier alpha value is -4.77. The molecule has 0 fully saturated rings. The van der Waals surface area contributed by atoms with Crippen LogP contribution in [0.2, 0.25) is 0 Å². The van der Waals surface area contributed by atoms with Gasteiger partial charge in [0, 0.05) is 0 Å². The molecular weight excluding hydrogens is 536 g/mol. The predicted molar refractivity (Wildman–Crippen MR) is 161 cm³/mol. The number of amides is 2. The number of hydrogen-bond acceptors (Lipinski definition) is 6. The highest BCUT2D eigenvalue weighted by atomic mass is 16.7. The van der Waals surface area contributed by atoms with Gasteiger partial charge in [0.1, 0.15) is 11.8 Å². The van der Waals surface area contributed by atoms with Gasteiger partial charge in [-0.25, -0.2) is 10.1 Å². The Balaban J connectivity index is 1.89. The molecule has 3 aromatic rings. The Morgan fingerprint density at radius 3 is 1.93 bits per heavy atom. The maximum absolute atomic E-state index is 13.9. The molecule has 0 radical (unpaired) electrons. The zero-order chi connectivity index (χ0) is 30.5. The van der Waals surface area contributed by atoms with Gasteiger partial charge in [0.15, 0.2) is 10.9 Å². The molecule has 6 N–H and O–H groups in total. The van der Waals surface area contributed by atoms with Gasteiger partial charge in [0.2, 0.25) is 11.8 Å². The summed E-state index contributed by atoms with van der Waals surface area (Å²) in [7, 11) is 1.58. The fourth-order valence-electron chi connectivity index (χ4n) is 4.69. The largest absolute Gasteiger partial charge is 0.497 e. The van der Waals surface area contributed by atoms with Gasteiger partial charge >= 0.3 is 0 Å². The minimum atomic E-state index is -1.00. The molecule has 0 spiro atoms. The predicted octanol–water partition coefficient (Wildman–Crippen LogP) is 3.63. The van der Waals surface area contributed by atoms with E-state index in [0.29, 0.717) is 12.2 Å². The van der Waals surface area contributed by atoms with Crippen molar-refractivity contribution in [3.05, 3.63) is 112 Å². The van der Waals surface area contributed by atoms with Crippen molar-refractivity contribution in [1.29, 1.82) is 0 Å². The van der Waals surface area contributed by atoms with Gasteiger partial charge in [-0.1, -0.05) is 86.1 Å². The highest BCUT2D eigenvalue weighted by Gasteiger charge is 2.30. The first-order valence-corrected chi connectivity index (χ1v) is 13.8. The number of hydrogen-bond donors (Lipinski definition) is 4. The van der Waals surface area contributed by atoms with Crippen molar-refractivity contribution < 1.29 is 19.4 Å². The van der Waals surface area contributed by atoms with Gasteiger partial charge in [-0.2, -0.15) is 0 Å². The van der Waals surface area contributed by atoms with Crippen molar-refractivity contribution in [2.24, 2.45) is 16.6 Å². The fraction of sp³-hybridized carbons (Fsp3) is 0.323. The van der Waals surface area contributed by atoms with Gasteiger partial charge in [-0.05, 0) is 48.1 Å². The number of ether oxygens (including phenoxy) is 1. The highest BCUT2D eigenvalue weighted by molar-refractivity contribution is 5.92. The van der Waals surface area contributed by atoms with Crippen LogP contribution in [-0.2, 0) is 9.59 Å². The number of nitrogens with one attached hydrogen (secondary N) is 2. The summed E-state index contributed by atoms with van der Waals surface area (Å²) in [5.74, 6) is -1.12. The van der Waals surface area contributed by atoms with E-state index in [1.165, 1.54) is 0 Å². The summed E-state index contributed by atoms with van der Waals surface area (Å²) in [6.07, 6.45) is 1.61. The zero-order valence-corrected chi connectivity index (χ0v) is 23.8. The summed E-state index contributed by atoms with van der Waals surface area (Å²) >= 11 is 0. The third kappa shape index (κ3) is 9.13. The van der Waals surface area contributed by atoms with Crippen molar-refractivity contribution in [2.45, 2.75) is 56.7 Å². The molecule has 3 unspecified atom stereocenters. The third-order valence-corrected chi connectivity index (χ3v) is 6.92. The quantitative estimate of drug-likeness (QED) is 0.0927. The van der Waals surface area contributed by atoms with Gasteiger partial charge in [0.05, 0.1) is 30.2 Å². The molecule has 2 amide bonds. The smallest absolute Gasteiger partial charge is 0.243 e. The lowest BCUT2D eigenvalue weighted by molar-refractivity contribution is -0.485. The molecule has 0 heterocycles. The van der Waals surface area contributed by atoms with Crippen LogP contribution in [0.4, 0.5) is 0 Å². The molecule has 0 bridgehead atoms. The van der Waals surface area contributed by atoms with Crippen LogP contribution in [0.1, 0.15) is 61.3 Å². The molecule has 11 nitrogen and oxygen atoms in total. The first-order valence-electron chi connectivity index (χ1n) is 13.8. The minimum Gasteiger partial charge on any atom is -0.497 e. The molecule has 0 aliphatic rings. The second kappa shape index (κ2) is 15.9. The van der Waals surface area contributed by atoms with E-state index in [-0.39, 0.29) is 30.6 Å². The molecule has 11 heteroatoms. The number of hydrazone groups is 1.